The smallest absolute Gasteiger partial charge is 0.316 e. The van der Waals surface area contributed by atoms with Crippen molar-refractivity contribution in [2.75, 3.05) is 19.8 Å². The van der Waals surface area contributed by atoms with Crippen LogP contribution in [-0.2, 0) is 11.3 Å². The van der Waals surface area contributed by atoms with Crippen molar-refractivity contribution in [3.8, 4) is 39.2 Å². The number of hydrogen-bond acceptors (Lipinski definition) is 8. The topological polar surface area (TPSA) is 110 Å². The molecule has 0 bridgehead atoms. The van der Waals surface area contributed by atoms with Crippen molar-refractivity contribution >= 4 is 10.9 Å². The number of hydrogen-bond donors (Lipinski definition) is 1. The molecule has 0 fully saturated rings. The molecular weight excluding hydrogens is 478 g/mol. The van der Waals surface area contributed by atoms with Crippen LogP contribution in [0.25, 0.3) is 21.6 Å². The average Bonchev–Trinajstić information content (AvgIpc) is 3.19. The molecule has 1 atom stereocenters. The zero-order valence-corrected chi connectivity index (χ0v) is 21.6. The van der Waals surface area contributed by atoms with Gasteiger partial charge in [-0.3, -0.25) is 0 Å². The second kappa shape index (κ2) is 11.5. The third-order valence-corrected chi connectivity index (χ3v) is 6.87. The van der Waals surface area contributed by atoms with Crippen LogP contribution in [-0.4, -0.2) is 43.8 Å². The van der Waals surface area contributed by atoms with Crippen LogP contribution >= 0.6 is 10.9 Å². The summed E-state index contributed by atoms with van der Waals surface area (Å²) in [6.07, 6.45) is 0. The van der Waals surface area contributed by atoms with E-state index >= 15 is 0 Å². The lowest BCUT2D eigenvalue weighted by atomic mass is 9.95. The molecule has 1 unspecified atom stereocenters. The standard InChI is InChI=1S/C27H29N3O5S/c1-5-33-13-14-34-27-28-18(3)26(19(4)29-27)23-8-6-7-21(17(23)2)16-35-22-11-9-20(10-12-22)24-15-25(31)30-36(24)32/h6-12,15H,5,13-14,16H2,1-4H3,(H,30,31). The van der Waals surface area contributed by atoms with Crippen LogP contribution in [0, 0.1) is 20.8 Å². The molecule has 0 aliphatic rings. The van der Waals surface area contributed by atoms with E-state index in [-0.39, 0.29) is 5.88 Å². The highest BCUT2D eigenvalue weighted by molar-refractivity contribution is 7.23. The molecule has 2 heterocycles. The monoisotopic (exact) mass is 507 g/mol. The molecule has 0 spiro atoms. The van der Waals surface area contributed by atoms with Gasteiger partial charge in [-0.25, -0.2) is 0 Å². The van der Waals surface area contributed by atoms with E-state index in [0.717, 1.165) is 39.2 Å². The fourth-order valence-corrected chi connectivity index (χ4v) is 4.84. The number of nitrogens with zero attached hydrogens (tertiary/aromatic N) is 3. The number of ether oxygens (including phenoxy) is 3. The highest BCUT2D eigenvalue weighted by Gasteiger charge is 2.17. The third-order valence-electron chi connectivity index (χ3n) is 5.79. The van der Waals surface area contributed by atoms with Gasteiger partial charge in [0.15, 0.2) is 0 Å². The Morgan fingerprint density at radius 1 is 0.944 bits per heavy atom. The van der Waals surface area contributed by atoms with Crippen LogP contribution < -0.4 is 9.47 Å². The first kappa shape index (κ1) is 25.6. The minimum atomic E-state index is -1.58. The van der Waals surface area contributed by atoms with Crippen molar-refractivity contribution in [3.05, 3.63) is 71.0 Å². The molecule has 2 aromatic carbocycles. The average molecular weight is 508 g/mol. The van der Waals surface area contributed by atoms with Crippen LogP contribution in [0.2, 0.25) is 0 Å². The van der Waals surface area contributed by atoms with Gasteiger partial charge in [0.25, 0.3) is 5.88 Å². The van der Waals surface area contributed by atoms with Gasteiger partial charge in [-0.15, -0.1) is 0 Å². The van der Waals surface area contributed by atoms with E-state index in [9.17, 15) is 9.66 Å². The molecule has 0 saturated carbocycles. The Morgan fingerprint density at radius 2 is 1.67 bits per heavy atom. The van der Waals surface area contributed by atoms with Gasteiger partial charge in [-0.05, 0) is 68.7 Å². The summed E-state index contributed by atoms with van der Waals surface area (Å²) in [5, 5.41) is 9.46. The quantitative estimate of drug-likeness (QED) is 0.219. The fourth-order valence-electron chi connectivity index (χ4n) is 3.98. The van der Waals surface area contributed by atoms with E-state index in [4.69, 9.17) is 14.2 Å². The molecule has 36 heavy (non-hydrogen) atoms. The van der Waals surface area contributed by atoms with Gasteiger partial charge in [0.2, 0.25) is 4.88 Å². The second-order valence-electron chi connectivity index (χ2n) is 8.21. The summed E-state index contributed by atoms with van der Waals surface area (Å²) in [5.41, 5.74) is 6.59. The summed E-state index contributed by atoms with van der Waals surface area (Å²) in [6.45, 7) is 9.87. The number of aromatic hydroxyl groups is 1. The Bertz CT molecular complexity index is 1310. The molecule has 0 aliphatic heterocycles. The third kappa shape index (κ3) is 5.81. The van der Waals surface area contributed by atoms with Crippen molar-refractivity contribution in [1.29, 1.82) is 0 Å². The molecule has 1 N–H and O–H groups in total. The van der Waals surface area contributed by atoms with Gasteiger partial charge in [0, 0.05) is 22.1 Å². The van der Waals surface area contributed by atoms with Crippen molar-refractivity contribution < 1.29 is 23.9 Å². The Balaban J connectivity index is 1.48. The molecule has 0 saturated heterocycles. The second-order valence-corrected chi connectivity index (χ2v) is 9.33. The molecule has 9 heteroatoms. The molecule has 4 rings (SSSR count). The van der Waals surface area contributed by atoms with Gasteiger partial charge in [0.05, 0.1) is 35.0 Å². The fraction of sp³-hybridized carbons (Fsp3) is 0.296. The lowest BCUT2D eigenvalue weighted by molar-refractivity contribution is 0.106. The van der Waals surface area contributed by atoms with Gasteiger partial charge < -0.3 is 23.9 Å². The van der Waals surface area contributed by atoms with E-state index < -0.39 is 10.9 Å². The molecule has 4 aromatic rings. The lowest BCUT2D eigenvalue weighted by Crippen LogP contribution is -2.10. The number of rotatable bonds is 10. The highest BCUT2D eigenvalue weighted by Crippen LogP contribution is 2.35. The van der Waals surface area contributed by atoms with Crippen LogP contribution in [0.1, 0.15) is 29.4 Å². The van der Waals surface area contributed by atoms with Crippen LogP contribution in [0.5, 0.6) is 17.6 Å². The maximum absolute atomic E-state index is 11.9. The number of benzene rings is 2. The normalized spacial score (nSPS) is 11.5. The predicted molar refractivity (Wildman–Crippen MR) is 138 cm³/mol. The van der Waals surface area contributed by atoms with E-state index in [1.165, 1.54) is 6.07 Å². The van der Waals surface area contributed by atoms with Crippen molar-refractivity contribution in [3.63, 3.8) is 0 Å². The summed E-state index contributed by atoms with van der Waals surface area (Å²) in [5.74, 6) is 0.459. The SMILES string of the molecule is CCOCCOc1nc(C)c(-c2cccc(COc3ccc(-c4cc(O)n[s+]4[O-])cc3)c2C)c(C)n1. The lowest BCUT2D eigenvalue weighted by Gasteiger charge is -2.16. The Labute approximate surface area is 213 Å². The first-order chi connectivity index (χ1) is 17.4. The van der Waals surface area contributed by atoms with Gasteiger partial charge in [-0.2, -0.15) is 9.97 Å². The predicted octanol–water partition coefficient (Wildman–Crippen LogP) is 5.56. The first-order valence-electron chi connectivity index (χ1n) is 11.7. The Hall–Kier alpha value is -3.53. The minimum absolute atomic E-state index is 0.223. The van der Waals surface area contributed by atoms with E-state index in [1.54, 1.807) is 12.1 Å². The maximum Gasteiger partial charge on any atom is 0.316 e. The zero-order valence-electron chi connectivity index (χ0n) is 20.8. The van der Waals surface area contributed by atoms with Crippen molar-refractivity contribution in [2.45, 2.75) is 34.3 Å². The maximum atomic E-state index is 11.9. The van der Waals surface area contributed by atoms with E-state index in [2.05, 4.69) is 27.3 Å². The molecular formula is C27H29N3O5S. The van der Waals surface area contributed by atoms with Gasteiger partial charge in [-0.1, -0.05) is 18.2 Å². The minimum Gasteiger partial charge on any atom is -0.568 e. The van der Waals surface area contributed by atoms with E-state index in [1.807, 2.05) is 45.0 Å². The summed E-state index contributed by atoms with van der Waals surface area (Å²) in [6, 6.07) is 15.1. The summed E-state index contributed by atoms with van der Waals surface area (Å²) in [4.78, 5) is 9.58. The number of aromatic nitrogens is 3. The Kier molecular flexibility index (Phi) is 8.14. The first-order valence-corrected chi connectivity index (χ1v) is 12.8. The molecule has 8 nitrogen and oxygen atoms in total. The molecule has 0 amide bonds. The summed E-state index contributed by atoms with van der Waals surface area (Å²) >= 11 is 0. The zero-order chi connectivity index (χ0) is 25.7. The van der Waals surface area contributed by atoms with Crippen LogP contribution in [0.4, 0.5) is 0 Å². The summed E-state index contributed by atoms with van der Waals surface area (Å²) in [7, 11) is -1.58. The van der Waals surface area contributed by atoms with Gasteiger partial charge in [0.1, 0.15) is 19.0 Å². The van der Waals surface area contributed by atoms with Gasteiger partial charge >= 0.3 is 6.01 Å². The van der Waals surface area contributed by atoms with Crippen LogP contribution in [0.15, 0.2) is 48.5 Å². The molecule has 0 radical (unpaired) electrons. The number of aryl methyl sites for hydroxylation is 2. The van der Waals surface area contributed by atoms with E-state index in [0.29, 0.717) is 43.1 Å². The molecule has 2 aromatic heterocycles. The summed E-state index contributed by atoms with van der Waals surface area (Å²) < 4.78 is 32.6. The molecule has 0 aliphatic carbocycles. The molecule has 188 valence electrons. The largest absolute Gasteiger partial charge is 0.568 e. The van der Waals surface area contributed by atoms with Crippen molar-refractivity contribution in [1.82, 2.24) is 14.3 Å². The highest BCUT2D eigenvalue weighted by atomic mass is 32.2. The van der Waals surface area contributed by atoms with Crippen molar-refractivity contribution in [2.24, 2.45) is 0 Å². The van der Waals surface area contributed by atoms with Crippen LogP contribution in [0.3, 0.4) is 0 Å². The Morgan fingerprint density at radius 3 is 2.31 bits per heavy atom.